The van der Waals surface area contributed by atoms with Gasteiger partial charge in [0.1, 0.15) is 12.3 Å². The number of halogens is 1. The number of amides is 1. The highest BCUT2D eigenvalue weighted by Gasteiger charge is 2.22. The Balaban J connectivity index is 1.94. The topological polar surface area (TPSA) is 79.0 Å². The number of piperidine rings is 1. The molecule has 0 aromatic heterocycles. The van der Waals surface area contributed by atoms with Gasteiger partial charge in [0.25, 0.3) is 0 Å². The lowest BCUT2D eigenvalue weighted by atomic mass is 9.94. The highest BCUT2D eigenvalue weighted by atomic mass is 35.5. The summed E-state index contributed by atoms with van der Waals surface area (Å²) in [6.45, 7) is 2.43. The van der Waals surface area contributed by atoms with Gasteiger partial charge in [-0.2, -0.15) is 0 Å². The van der Waals surface area contributed by atoms with Gasteiger partial charge >= 0.3 is 0 Å². The van der Waals surface area contributed by atoms with Crippen LogP contribution >= 0.6 is 11.6 Å². The average molecular weight is 418 g/mol. The molecule has 1 heterocycles. The second-order valence-corrected chi connectivity index (χ2v) is 9.29. The van der Waals surface area contributed by atoms with Crippen molar-refractivity contribution in [2.24, 2.45) is 5.92 Å². The summed E-state index contributed by atoms with van der Waals surface area (Å²) in [4.78, 5) is 14.6. The molecular weight excluding hydrogens is 390 g/mol. The number of benzene rings is 1. The molecule has 1 amide bonds. The van der Waals surface area contributed by atoms with Gasteiger partial charge in [-0.25, -0.2) is 8.42 Å². The molecule has 0 radical (unpaired) electrons. The predicted molar refractivity (Wildman–Crippen MR) is 108 cm³/mol. The number of carbonyl (C=O) groups is 1. The summed E-state index contributed by atoms with van der Waals surface area (Å²) in [7, 11) is -0.0400. The summed E-state index contributed by atoms with van der Waals surface area (Å²) < 4.78 is 30.4. The zero-order valence-electron chi connectivity index (χ0n) is 16.1. The first-order chi connectivity index (χ1) is 12.7. The molecule has 0 aliphatic carbocycles. The molecule has 0 saturated carbocycles. The van der Waals surface area contributed by atoms with Gasteiger partial charge in [0.05, 0.1) is 24.1 Å². The van der Waals surface area contributed by atoms with E-state index in [2.05, 4.69) is 17.3 Å². The van der Waals surface area contributed by atoms with Gasteiger partial charge in [0.15, 0.2) is 0 Å². The number of sulfonamides is 1. The first-order valence-electron chi connectivity index (χ1n) is 8.97. The van der Waals surface area contributed by atoms with Crippen LogP contribution < -0.4 is 14.4 Å². The minimum atomic E-state index is -3.63. The molecule has 0 atom stereocenters. The molecule has 1 aliphatic heterocycles. The fourth-order valence-corrected chi connectivity index (χ4v) is 4.26. The minimum Gasteiger partial charge on any atom is -0.495 e. The molecule has 1 aromatic carbocycles. The molecule has 0 spiro atoms. The maximum atomic E-state index is 12.3. The van der Waals surface area contributed by atoms with Crippen molar-refractivity contribution in [3.8, 4) is 5.75 Å². The summed E-state index contributed by atoms with van der Waals surface area (Å²) >= 11 is 6.09. The molecule has 152 valence electrons. The second kappa shape index (κ2) is 9.61. The van der Waals surface area contributed by atoms with E-state index in [0.29, 0.717) is 23.9 Å². The maximum absolute atomic E-state index is 12.3. The smallest absolute Gasteiger partial charge is 0.240 e. The Morgan fingerprint density at radius 1 is 1.37 bits per heavy atom. The lowest BCUT2D eigenvalue weighted by Gasteiger charge is -2.29. The van der Waals surface area contributed by atoms with Crippen molar-refractivity contribution in [2.45, 2.75) is 19.3 Å². The molecule has 1 N–H and O–H groups in total. The SMILES string of the molecule is COc1ccc(N(CC(=O)NCCC2CCN(C)CC2)S(C)(=O)=O)cc1Cl. The van der Waals surface area contributed by atoms with Crippen LogP contribution in [-0.4, -0.2) is 65.8 Å². The van der Waals surface area contributed by atoms with Crippen LogP contribution in [0.4, 0.5) is 5.69 Å². The fraction of sp³-hybridized carbons (Fsp3) is 0.611. The summed E-state index contributed by atoms with van der Waals surface area (Å²) in [5.74, 6) is 0.713. The normalized spacial score (nSPS) is 16.1. The lowest BCUT2D eigenvalue weighted by molar-refractivity contribution is -0.119. The number of hydrogen-bond acceptors (Lipinski definition) is 5. The van der Waals surface area contributed by atoms with E-state index in [0.717, 1.165) is 42.9 Å². The Labute approximate surface area is 166 Å². The minimum absolute atomic E-state index is 0.283. The summed E-state index contributed by atoms with van der Waals surface area (Å²) in [5, 5.41) is 3.12. The zero-order valence-corrected chi connectivity index (χ0v) is 17.6. The Kier molecular flexibility index (Phi) is 7.76. The number of nitrogens with one attached hydrogen (secondary N) is 1. The predicted octanol–water partition coefficient (Wildman–Crippen LogP) is 1.96. The lowest BCUT2D eigenvalue weighted by Crippen LogP contribution is -2.41. The van der Waals surface area contributed by atoms with E-state index in [1.165, 1.54) is 13.2 Å². The third-order valence-corrected chi connectivity index (χ3v) is 6.26. The third-order valence-electron chi connectivity index (χ3n) is 4.82. The Morgan fingerprint density at radius 2 is 2.04 bits per heavy atom. The number of carbonyl (C=O) groups excluding carboxylic acids is 1. The summed E-state index contributed by atoms with van der Waals surface area (Å²) in [6, 6.07) is 4.62. The molecule has 7 nitrogen and oxygen atoms in total. The van der Waals surface area contributed by atoms with E-state index in [-0.39, 0.29) is 17.5 Å². The number of likely N-dealkylation sites (tertiary alicyclic amines) is 1. The van der Waals surface area contributed by atoms with E-state index < -0.39 is 10.0 Å². The summed E-state index contributed by atoms with van der Waals surface area (Å²) in [5.41, 5.74) is 0.328. The summed E-state index contributed by atoms with van der Waals surface area (Å²) in [6.07, 6.45) is 4.24. The van der Waals surface area contributed by atoms with Gasteiger partial charge in [-0.1, -0.05) is 11.6 Å². The second-order valence-electron chi connectivity index (χ2n) is 6.97. The number of nitrogens with zero attached hydrogens (tertiary/aromatic N) is 2. The van der Waals surface area contributed by atoms with E-state index >= 15 is 0 Å². The molecule has 1 aromatic rings. The average Bonchev–Trinajstić information content (AvgIpc) is 2.60. The molecule has 2 rings (SSSR count). The van der Waals surface area contributed by atoms with Crippen LogP contribution in [0.25, 0.3) is 0 Å². The highest BCUT2D eigenvalue weighted by molar-refractivity contribution is 7.92. The van der Waals surface area contributed by atoms with Crippen molar-refractivity contribution < 1.29 is 17.9 Å². The number of anilines is 1. The van der Waals surface area contributed by atoms with Crippen LogP contribution in [0.5, 0.6) is 5.75 Å². The first kappa shape index (κ1) is 21.8. The van der Waals surface area contributed by atoms with Gasteiger partial charge in [0.2, 0.25) is 15.9 Å². The third kappa shape index (κ3) is 6.55. The number of ether oxygens (including phenoxy) is 1. The molecule has 27 heavy (non-hydrogen) atoms. The van der Waals surface area contributed by atoms with Crippen LogP contribution in [0, 0.1) is 5.92 Å². The van der Waals surface area contributed by atoms with Gasteiger partial charge < -0.3 is 15.0 Å². The van der Waals surface area contributed by atoms with Crippen molar-refractivity contribution in [1.29, 1.82) is 0 Å². The van der Waals surface area contributed by atoms with Crippen molar-refractivity contribution >= 4 is 33.2 Å². The number of rotatable bonds is 8. The Hall–Kier alpha value is -1.51. The van der Waals surface area contributed by atoms with Crippen molar-refractivity contribution in [1.82, 2.24) is 10.2 Å². The van der Waals surface area contributed by atoms with Gasteiger partial charge in [-0.05, 0) is 63.5 Å². The quantitative estimate of drug-likeness (QED) is 0.699. The monoisotopic (exact) mass is 417 g/mol. The van der Waals surface area contributed by atoms with Crippen molar-refractivity contribution in [2.75, 3.05) is 50.9 Å². The zero-order chi connectivity index (χ0) is 20.0. The van der Waals surface area contributed by atoms with Crippen molar-refractivity contribution in [3.63, 3.8) is 0 Å². The molecule has 0 unspecified atom stereocenters. The molecule has 1 saturated heterocycles. The van der Waals surface area contributed by atoms with E-state index in [1.807, 2.05) is 0 Å². The van der Waals surface area contributed by atoms with Crippen LogP contribution in [0.15, 0.2) is 18.2 Å². The fourth-order valence-electron chi connectivity index (χ4n) is 3.16. The number of methoxy groups -OCH3 is 1. The van der Waals surface area contributed by atoms with Crippen LogP contribution in [0.3, 0.4) is 0 Å². The Bertz CT molecular complexity index is 749. The van der Waals surface area contributed by atoms with E-state index in [1.54, 1.807) is 12.1 Å². The van der Waals surface area contributed by atoms with E-state index in [4.69, 9.17) is 16.3 Å². The molecule has 1 aliphatic rings. The van der Waals surface area contributed by atoms with Gasteiger partial charge in [0, 0.05) is 6.54 Å². The molecule has 1 fully saturated rings. The van der Waals surface area contributed by atoms with Crippen LogP contribution in [0.2, 0.25) is 5.02 Å². The largest absolute Gasteiger partial charge is 0.495 e. The Morgan fingerprint density at radius 3 is 2.59 bits per heavy atom. The van der Waals surface area contributed by atoms with Gasteiger partial charge in [-0.15, -0.1) is 0 Å². The van der Waals surface area contributed by atoms with Crippen molar-refractivity contribution in [3.05, 3.63) is 23.2 Å². The standard InChI is InChI=1S/C18H28ClN3O4S/c1-21-10-7-14(8-11-21)6-9-20-18(23)13-22(27(3,24)25)15-4-5-17(26-2)16(19)12-15/h4-5,12,14H,6-11,13H2,1-3H3,(H,20,23). The molecule has 9 heteroatoms. The highest BCUT2D eigenvalue weighted by Crippen LogP contribution is 2.30. The molecule has 0 bridgehead atoms. The van der Waals surface area contributed by atoms with Gasteiger partial charge in [-0.3, -0.25) is 9.10 Å². The van der Waals surface area contributed by atoms with Crippen LogP contribution in [-0.2, 0) is 14.8 Å². The van der Waals surface area contributed by atoms with E-state index in [9.17, 15) is 13.2 Å². The van der Waals surface area contributed by atoms with Crippen LogP contribution in [0.1, 0.15) is 19.3 Å². The molecular formula is C18H28ClN3O4S. The maximum Gasteiger partial charge on any atom is 0.240 e. The number of hydrogen-bond donors (Lipinski definition) is 1. The first-order valence-corrected chi connectivity index (χ1v) is 11.2.